The van der Waals surface area contributed by atoms with Crippen LogP contribution in [0.3, 0.4) is 0 Å². The number of anilines is 5. The zero-order valence-corrected chi connectivity index (χ0v) is 34.7. The summed E-state index contributed by atoms with van der Waals surface area (Å²) in [6.07, 6.45) is 4.81. The van der Waals surface area contributed by atoms with Crippen LogP contribution in [0.25, 0.3) is 60.7 Å². The molecule has 5 heteroatoms. The smallest absolute Gasteiger partial charge is 0.244 e. The van der Waals surface area contributed by atoms with Crippen LogP contribution in [0.4, 0.5) is 28.4 Å². The van der Waals surface area contributed by atoms with Crippen molar-refractivity contribution in [3.05, 3.63) is 193 Å². The van der Waals surface area contributed by atoms with Crippen LogP contribution in [0.5, 0.6) is 0 Å². The largest absolute Gasteiger partial charge is 0.469 e. The third kappa shape index (κ3) is 6.49. The molecule has 1 aliphatic heterocycles. The van der Waals surface area contributed by atoms with Gasteiger partial charge in [-0.3, -0.25) is 0 Å². The molecule has 0 spiro atoms. The molecule has 0 saturated carbocycles. The van der Waals surface area contributed by atoms with Crippen LogP contribution in [-0.4, -0.2) is 11.8 Å². The standard InChI is InChI=1S/C56H46BN3O/c1-3-4-8-17-38-26-29-41(30-27-38)58-49-32-31-44(59(42-20-11-6-12-21-42)43-22-13-7-14-23-43)36-46(49)47-34-37(2)52-45-24-15-16-25-50(45)60-54-48-35-40(39-18-9-5-10-19-39)28-33-51(48)61-56(54)57-53(47)55(52)60/h5-7,9-16,18-36,57-58H,3-4,8,17H2,1-2H3. The van der Waals surface area contributed by atoms with Crippen LogP contribution in [0.1, 0.15) is 37.3 Å². The van der Waals surface area contributed by atoms with Gasteiger partial charge in [-0.1, -0.05) is 129 Å². The van der Waals surface area contributed by atoms with Crippen LogP contribution < -0.4 is 21.3 Å². The fraction of sp³-hybridized carbons (Fsp3) is 0.107. The van der Waals surface area contributed by atoms with E-state index in [1.54, 1.807) is 0 Å². The number of fused-ring (bicyclic) bond motifs is 7. The Bertz CT molecular complexity index is 3170. The molecule has 0 aliphatic carbocycles. The Balaban J connectivity index is 1.14. The van der Waals surface area contributed by atoms with Crippen molar-refractivity contribution in [1.82, 2.24) is 4.57 Å². The lowest BCUT2D eigenvalue weighted by Crippen LogP contribution is -2.36. The predicted octanol–water partition coefficient (Wildman–Crippen LogP) is 13.8. The van der Waals surface area contributed by atoms with E-state index in [9.17, 15) is 0 Å². The van der Waals surface area contributed by atoms with Crippen molar-refractivity contribution in [3.63, 3.8) is 0 Å². The van der Waals surface area contributed by atoms with Gasteiger partial charge >= 0.3 is 0 Å². The fourth-order valence-electron chi connectivity index (χ4n) is 9.64. The summed E-state index contributed by atoms with van der Waals surface area (Å²) < 4.78 is 9.42. The summed E-state index contributed by atoms with van der Waals surface area (Å²) in [5.41, 5.74) is 19.5. The first-order chi connectivity index (χ1) is 30.1. The van der Waals surface area contributed by atoms with Crippen LogP contribution in [-0.2, 0) is 6.42 Å². The van der Waals surface area contributed by atoms with Gasteiger partial charge in [0.2, 0.25) is 7.28 Å². The number of aryl methyl sites for hydroxylation is 2. The van der Waals surface area contributed by atoms with Crippen molar-refractivity contribution in [2.24, 2.45) is 0 Å². The molecule has 0 unspecified atom stereocenters. The normalized spacial score (nSPS) is 11.8. The summed E-state index contributed by atoms with van der Waals surface area (Å²) in [5.74, 6) is 0. The van der Waals surface area contributed by atoms with Gasteiger partial charge in [0.1, 0.15) is 5.58 Å². The minimum absolute atomic E-state index is 0.671. The summed E-state index contributed by atoms with van der Waals surface area (Å²) in [5, 5.41) is 7.60. The quantitative estimate of drug-likeness (QED) is 0.105. The van der Waals surface area contributed by atoms with Crippen molar-refractivity contribution in [1.29, 1.82) is 0 Å². The van der Waals surface area contributed by atoms with Crippen molar-refractivity contribution >= 4 is 79.6 Å². The molecular weight excluding hydrogens is 741 g/mol. The lowest BCUT2D eigenvalue weighted by atomic mass is 9.62. The first-order valence-corrected chi connectivity index (χ1v) is 21.7. The molecule has 61 heavy (non-hydrogen) atoms. The molecule has 11 rings (SSSR count). The maximum absolute atomic E-state index is 6.91. The average molecular weight is 788 g/mol. The Morgan fingerprint density at radius 3 is 2.05 bits per heavy atom. The molecule has 10 aromatic rings. The zero-order valence-electron chi connectivity index (χ0n) is 34.7. The number of nitrogens with zero attached hydrogens (tertiary/aromatic N) is 2. The third-order valence-corrected chi connectivity index (χ3v) is 12.5. The number of aromatic nitrogens is 1. The van der Waals surface area contributed by atoms with Gasteiger partial charge in [-0.2, -0.15) is 0 Å². The van der Waals surface area contributed by atoms with Gasteiger partial charge in [0.05, 0.1) is 16.9 Å². The van der Waals surface area contributed by atoms with Gasteiger partial charge in [0.25, 0.3) is 0 Å². The molecule has 0 fully saturated rings. The number of hydrogen-bond donors (Lipinski definition) is 1. The van der Waals surface area contributed by atoms with E-state index >= 15 is 0 Å². The zero-order chi connectivity index (χ0) is 40.9. The van der Waals surface area contributed by atoms with Gasteiger partial charge in [0.15, 0.2) is 0 Å². The highest BCUT2D eigenvalue weighted by Crippen LogP contribution is 2.44. The maximum Gasteiger partial charge on any atom is 0.244 e. The molecule has 1 aliphatic rings. The monoisotopic (exact) mass is 787 g/mol. The Labute approximate surface area is 358 Å². The van der Waals surface area contributed by atoms with Crippen LogP contribution in [0, 0.1) is 6.92 Å². The second kappa shape index (κ2) is 15.4. The molecule has 0 bridgehead atoms. The van der Waals surface area contributed by atoms with Crippen molar-refractivity contribution in [3.8, 4) is 27.9 Å². The average Bonchev–Trinajstić information content (AvgIpc) is 3.86. The minimum atomic E-state index is 0.671. The lowest BCUT2D eigenvalue weighted by Gasteiger charge is -2.27. The minimum Gasteiger partial charge on any atom is -0.469 e. The summed E-state index contributed by atoms with van der Waals surface area (Å²) in [6, 6.07) is 65.9. The summed E-state index contributed by atoms with van der Waals surface area (Å²) in [7, 11) is 0.671. The van der Waals surface area contributed by atoms with Crippen molar-refractivity contribution < 1.29 is 4.42 Å². The second-order valence-corrected chi connectivity index (χ2v) is 16.4. The van der Waals surface area contributed by atoms with Gasteiger partial charge in [-0.25, -0.2) is 0 Å². The van der Waals surface area contributed by atoms with E-state index in [-0.39, 0.29) is 0 Å². The molecule has 1 N–H and O–H groups in total. The Morgan fingerprint density at radius 1 is 0.607 bits per heavy atom. The van der Waals surface area contributed by atoms with E-state index in [0.717, 1.165) is 62.7 Å². The molecule has 0 amide bonds. The van der Waals surface area contributed by atoms with Crippen LogP contribution in [0.15, 0.2) is 186 Å². The second-order valence-electron chi connectivity index (χ2n) is 16.4. The van der Waals surface area contributed by atoms with E-state index in [1.165, 1.54) is 74.3 Å². The van der Waals surface area contributed by atoms with E-state index in [2.05, 4.69) is 211 Å². The Morgan fingerprint density at radius 2 is 1.31 bits per heavy atom. The molecule has 0 saturated heterocycles. The predicted molar refractivity (Wildman–Crippen MR) is 260 cm³/mol. The molecule has 3 heterocycles. The first kappa shape index (κ1) is 36.8. The van der Waals surface area contributed by atoms with E-state index in [0.29, 0.717) is 7.28 Å². The van der Waals surface area contributed by atoms with Crippen molar-refractivity contribution in [2.45, 2.75) is 39.5 Å². The van der Waals surface area contributed by atoms with Gasteiger partial charge < -0.3 is 19.2 Å². The summed E-state index contributed by atoms with van der Waals surface area (Å²) in [4.78, 5) is 2.36. The van der Waals surface area contributed by atoms with Gasteiger partial charge in [-0.05, 0) is 126 Å². The SMILES string of the molecule is CCCCCc1ccc(Nc2ccc(N(c3ccccc3)c3ccccc3)cc2-c2cc(C)c3c4ccccc4n4c3c2Bc2oc3ccc(-c5ccccc5)cc3c2-4)cc1. The first-order valence-electron chi connectivity index (χ1n) is 21.7. The summed E-state index contributed by atoms with van der Waals surface area (Å²) in [6.45, 7) is 4.55. The highest BCUT2D eigenvalue weighted by molar-refractivity contribution is 6.73. The van der Waals surface area contributed by atoms with Gasteiger partial charge in [0, 0.05) is 55.7 Å². The number of benzene rings is 8. The molecule has 0 radical (unpaired) electrons. The number of hydrogen-bond acceptors (Lipinski definition) is 3. The third-order valence-electron chi connectivity index (χ3n) is 12.5. The number of unbranched alkanes of at least 4 members (excludes halogenated alkanes) is 2. The van der Waals surface area contributed by atoms with Crippen molar-refractivity contribution in [2.75, 3.05) is 10.2 Å². The fourth-order valence-corrected chi connectivity index (χ4v) is 9.64. The number of furan rings is 1. The van der Waals surface area contributed by atoms with Crippen LogP contribution in [0.2, 0.25) is 0 Å². The van der Waals surface area contributed by atoms with E-state index in [1.807, 2.05) is 0 Å². The number of para-hydroxylation sites is 3. The lowest BCUT2D eigenvalue weighted by molar-refractivity contribution is 0.650. The molecule has 294 valence electrons. The Hall–Kier alpha value is -7.24. The molecule has 2 aromatic heterocycles. The highest BCUT2D eigenvalue weighted by Gasteiger charge is 2.32. The molecule has 0 atom stereocenters. The highest BCUT2D eigenvalue weighted by atomic mass is 16.3. The molecular formula is C56H46BN3O. The molecule has 4 nitrogen and oxygen atoms in total. The Kier molecular flexibility index (Phi) is 9.30. The van der Waals surface area contributed by atoms with E-state index in [4.69, 9.17) is 4.42 Å². The van der Waals surface area contributed by atoms with Gasteiger partial charge in [-0.15, -0.1) is 0 Å². The van der Waals surface area contributed by atoms with Crippen LogP contribution >= 0.6 is 0 Å². The molecule has 8 aromatic carbocycles. The number of rotatable bonds is 11. The van der Waals surface area contributed by atoms with E-state index < -0.39 is 0 Å². The topological polar surface area (TPSA) is 33.3 Å². The summed E-state index contributed by atoms with van der Waals surface area (Å²) >= 11 is 0. The number of nitrogens with one attached hydrogen (secondary N) is 1. The maximum atomic E-state index is 6.91.